The van der Waals surface area contributed by atoms with Crippen LogP contribution in [-0.4, -0.2) is 31.5 Å². The van der Waals surface area contributed by atoms with Crippen molar-refractivity contribution < 1.29 is 14.3 Å². The van der Waals surface area contributed by atoms with Gasteiger partial charge in [-0.1, -0.05) is 35.4 Å². The van der Waals surface area contributed by atoms with Crippen LogP contribution < -0.4 is 15.0 Å². The second-order valence-electron chi connectivity index (χ2n) is 6.82. The molecule has 5 nitrogen and oxygen atoms in total. The van der Waals surface area contributed by atoms with Gasteiger partial charge in [0, 0.05) is 31.1 Å². The van der Waals surface area contributed by atoms with Crippen LogP contribution in [0.15, 0.2) is 48.5 Å². The summed E-state index contributed by atoms with van der Waals surface area (Å²) in [5.74, 6) is 0.718. The highest BCUT2D eigenvalue weighted by atomic mass is 16.5. The summed E-state index contributed by atoms with van der Waals surface area (Å²) >= 11 is 0. The van der Waals surface area contributed by atoms with Crippen molar-refractivity contribution in [3.05, 3.63) is 59.7 Å². The molecular weight excluding hydrogens is 328 g/mol. The molecule has 136 valence electrons. The van der Waals surface area contributed by atoms with Crippen molar-refractivity contribution in [1.29, 1.82) is 0 Å². The van der Waals surface area contributed by atoms with Crippen LogP contribution in [0.3, 0.4) is 0 Å². The van der Waals surface area contributed by atoms with Gasteiger partial charge in [0.1, 0.15) is 5.75 Å². The first-order valence-corrected chi connectivity index (χ1v) is 8.84. The van der Waals surface area contributed by atoms with Crippen LogP contribution in [0.2, 0.25) is 0 Å². The Balaban J connectivity index is 1.44. The van der Waals surface area contributed by atoms with Crippen LogP contribution in [-0.2, 0) is 9.59 Å². The van der Waals surface area contributed by atoms with Gasteiger partial charge >= 0.3 is 0 Å². The highest BCUT2D eigenvalue weighted by Crippen LogP contribution is 2.25. The topological polar surface area (TPSA) is 58.6 Å². The van der Waals surface area contributed by atoms with E-state index in [4.69, 9.17) is 4.74 Å². The number of aryl methyl sites for hydroxylation is 2. The summed E-state index contributed by atoms with van der Waals surface area (Å²) in [6, 6.07) is 15.5. The van der Waals surface area contributed by atoms with Crippen LogP contribution in [0.25, 0.3) is 0 Å². The van der Waals surface area contributed by atoms with Crippen molar-refractivity contribution in [3.8, 4) is 5.75 Å². The Hall–Kier alpha value is -2.82. The van der Waals surface area contributed by atoms with Gasteiger partial charge in [-0.3, -0.25) is 9.59 Å². The number of benzene rings is 2. The van der Waals surface area contributed by atoms with E-state index in [1.165, 1.54) is 0 Å². The molecule has 3 rings (SSSR count). The molecule has 1 aliphatic rings. The third-order valence-corrected chi connectivity index (χ3v) is 4.53. The number of rotatable bonds is 6. The second kappa shape index (κ2) is 8.04. The fourth-order valence-corrected chi connectivity index (χ4v) is 2.99. The molecule has 2 aromatic rings. The molecule has 0 saturated carbocycles. The predicted octanol–water partition coefficient (Wildman–Crippen LogP) is 2.85. The van der Waals surface area contributed by atoms with E-state index in [0.717, 1.165) is 16.8 Å². The van der Waals surface area contributed by atoms with Crippen molar-refractivity contribution in [3.63, 3.8) is 0 Å². The molecule has 2 aromatic carbocycles. The number of amides is 2. The Morgan fingerprint density at radius 3 is 2.35 bits per heavy atom. The molecule has 1 N–H and O–H groups in total. The summed E-state index contributed by atoms with van der Waals surface area (Å²) in [5.41, 5.74) is 3.22. The average molecular weight is 352 g/mol. The Morgan fingerprint density at radius 2 is 1.69 bits per heavy atom. The monoisotopic (exact) mass is 352 g/mol. The van der Waals surface area contributed by atoms with E-state index in [1.807, 2.05) is 62.4 Å². The molecule has 1 aliphatic heterocycles. The zero-order valence-electron chi connectivity index (χ0n) is 15.2. The molecule has 0 bridgehead atoms. The van der Waals surface area contributed by atoms with Crippen molar-refractivity contribution in [2.45, 2.75) is 20.3 Å². The van der Waals surface area contributed by atoms with E-state index >= 15 is 0 Å². The molecule has 1 unspecified atom stereocenters. The van der Waals surface area contributed by atoms with Gasteiger partial charge in [-0.15, -0.1) is 0 Å². The standard InChI is InChI=1S/C21H24N2O3/c1-15-3-7-18(8-4-15)23-13-17(11-21(23)25)12-22-20(24)14-26-19-9-5-16(2)6-10-19/h3-10,17H,11-14H2,1-2H3,(H,22,24). The number of ether oxygens (including phenoxy) is 1. The summed E-state index contributed by atoms with van der Waals surface area (Å²) in [6.07, 6.45) is 0.451. The largest absolute Gasteiger partial charge is 0.484 e. The van der Waals surface area contributed by atoms with Crippen molar-refractivity contribution >= 4 is 17.5 Å². The number of carbonyl (C=O) groups excluding carboxylic acids is 2. The molecule has 1 fully saturated rings. The first kappa shape index (κ1) is 18.0. The Morgan fingerprint density at radius 1 is 1.08 bits per heavy atom. The van der Waals surface area contributed by atoms with Gasteiger partial charge in [0.25, 0.3) is 5.91 Å². The Bertz CT molecular complexity index is 769. The van der Waals surface area contributed by atoms with Crippen molar-refractivity contribution in [1.82, 2.24) is 5.32 Å². The number of hydrogen-bond acceptors (Lipinski definition) is 3. The van der Waals surface area contributed by atoms with Gasteiger partial charge in [-0.05, 0) is 38.1 Å². The zero-order chi connectivity index (χ0) is 18.5. The zero-order valence-corrected chi connectivity index (χ0v) is 15.2. The molecule has 0 spiro atoms. The smallest absolute Gasteiger partial charge is 0.257 e. The molecule has 26 heavy (non-hydrogen) atoms. The average Bonchev–Trinajstić information content (AvgIpc) is 3.01. The molecule has 1 saturated heterocycles. The Labute approximate surface area is 154 Å². The second-order valence-corrected chi connectivity index (χ2v) is 6.82. The number of anilines is 1. The van der Waals surface area contributed by atoms with E-state index < -0.39 is 0 Å². The molecule has 2 amide bonds. The maximum absolute atomic E-state index is 12.2. The van der Waals surface area contributed by atoms with Crippen molar-refractivity contribution in [2.75, 3.05) is 24.6 Å². The quantitative estimate of drug-likeness (QED) is 0.870. The minimum absolute atomic E-state index is 0.0224. The van der Waals surface area contributed by atoms with E-state index in [9.17, 15) is 9.59 Å². The van der Waals surface area contributed by atoms with Crippen LogP contribution in [0.1, 0.15) is 17.5 Å². The summed E-state index contributed by atoms with van der Waals surface area (Å²) in [6.45, 7) is 5.10. The van der Waals surface area contributed by atoms with E-state index in [1.54, 1.807) is 4.90 Å². The first-order valence-electron chi connectivity index (χ1n) is 8.84. The molecule has 1 atom stereocenters. The number of nitrogens with one attached hydrogen (secondary N) is 1. The molecule has 5 heteroatoms. The maximum Gasteiger partial charge on any atom is 0.257 e. The third kappa shape index (κ3) is 4.63. The maximum atomic E-state index is 12.2. The SMILES string of the molecule is Cc1ccc(OCC(=O)NCC2CC(=O)N(c3ccc(C)cc3)C2)cc1. The van der Waals surface area contributed by atoms with Crippen LogP contribution in [0, 0.1) is 19.8 Å². The van der Waals surface area contributed by atoms with Gasteiger partial charge in [-0.2, -0.15) is 0 Å². The lowest BCUT2D eigenvalue weighted by Crippen LogP contribution is -2.34. The number of hydrogen-bond donors (Lipinski definition) is 1. The fourth-order valence-electron chi connectivity index (χ4n) is 2.99. The molecule has 1 heterocycles. The minimum Gasteiger partial charge on any atom is -0.484 e. The summed E-state index contributed by atoms with van der Waals surface area (Å²) < 4.78 is 5.47. The highest BCUT2D eigenvalue weighted by molar-refractivity contribution is 5.95. The first-order chi connectivity index (χ1) is 12.5. The molecule has 0 radical (unpaired) electrons. The fraction of sp³-hybridized carbons (Fsp3) is 0.333. The van der Waals surface area contributed by atoms with Crippen LogP contribution in [0.5, 0.6) is 5.75 Å². The van der Waals surface area contributed by atoms with Gasteiger partial charge in [0.2, 0.25) is 5.91 Å². The number of nitrogens with zero attached hydrogens (tertiary/aromatic N) is 1. The molecular formula is C21H24N2O3. The van der Waals surface area contributed by atoms with E-state index in [-0.39, 0.29) is 24.3 Å². The van der Waals surface area contributed by atoms with Crippen LogP contribution >= 0.6 is 0 Å². The minimum atomic E-state index is -0.174. The molecule has 0 aromatic heterocycles. The van der Waals surface area contributed by atoms with Crippen LogP contribution in [0.4, 0.5) is 5.69 Å². The lowest BCUT2D eigenvalue weighted by molar-refractivity contribution is -0.123. The molecule has 0 aliphatic carbocycles. The summed E-state index contributed by atoms with van der Waals surface area (Å²) in [4.78, 5) is 26.0. The lowest BCUT2D eigenvalue weighted by atomic mass is 10.1. The lowest BCUT2D eigenvalue weighted by Gasteiger charge is -2.17. The van der Waals surface area contributed by atoms with E-state index in [0.29, 0.717) is 25.3 Å². The normalized spacial score (nSPS) is 16.6. The van der Waals surface area contributed by atoms with Gasteiger partial charge in [-0.25, -0.2) is 0 Å². The summed E-state index contributed by atoms with van der Waals surface area (Å²) in [5, 5.41) is 2.87. The predicted molar refractivity (Wildman–Crippen MR) is 101 cm³/mol. The van der Waals surface area contributed by atoms with E-state index in [2.05, 4.69) is 5.32 Å². The summed E-state index contributed by atoms with van der Waals surface area (Å²) in [7, 11) is 0. The Kier molecular flexibility index (Phi) is 5.56. The van der Waals surface area contributed by atoms with Gasteiger partial charge in [0.05, 0.1) is 0 Å². The van der Waals surface area contributed by atoms with Crippen molar-refractivity contribution in [2.24, 2.45) is 5.92 Å². The highest BCUT2D eigenvalue weighted by Gasteiger charge is 2.30. The third-order valence-electron chi connectivity index (χ3n) is 4.53. The van der Waals surface area contributed by atoms with Gasteiger partial charge in [0.15, 0.2) is 6.61 Å². The number of carbonyl (C=O) groups is 2. The van der Waals surface area contributed by atoms with Gasteiger partial charge < -0.3 is 15.0 Å².